The van der Waals surface area contributed by atoms with Crippen molar-refractivity contribution >= 4 is 17.7 Å². The molecule has 1 aromatic heterocycles. The number of allylic oxidation sites excluding steroid dienone is 1. The van der Waals surface area contributed by atoms with Crippen molar-refractivity contribution in [2.45, 2.75) is 13.5 Å². The van der Waals surface area contributed by atoms with Gasteiger partial charge in [-0.3, -0.25) is 0 Å². The molecule has 0 spiro atoms. The highest BCUT2D eigenvalue weighted by Gasteiger charge is 2.06. The molecule has 3 nitrogen and oxygen atoms in total. The number of hydrogen-bond acceptors (Lipinski definition) is 3. The van der Waals surface area contributed by atoms with Crippen LogP contribution in [0.5, 0.6) is 11.6 Å². The largest absolute Gasteiger partial charge is 0.438 e. The lowest BCUT2D eigenvalue weighted by molar-refractivity contribution is 0.275. The lowest BCUT2D eigenvalue weighted by Crippen LogP contribution is -1.95. The molecule has 2 rings (SSSR count). The van der Waals surface area contributed by atoms with Crippen LogP contribution < -0.4 is 4.74 Å². The van der Waals surface area contributed by atoms with E-state index in [1.807, 2.05) is 43.3 Å². The molecule has 98 valence electrons. The Hall–Kier alpha value is -1.84. The second-order valence-corrected chi connectivity index (χ2v) is 4.28. The quantitative estimate of drug-likeness (QED) is 0.915. The topological polar surface area (TPSA) is 42.4 Å². The molecule has 0 atom stereocenters. The van der Waals surface area contributed by atoms with E-state index < -0.39 is 0 Å². The third kappa shape index (κ3) is 3.34. The zero-order chi connectivity index (χ0) is 13.7. The van der Waals surface area contributed by atoms with E-state index in [0.717, 1.165) is 5.56 Å². The average Bonchev–Trinajstić information content (AvgIpc) is 2.43. The molecule has 0 aliphatic heterocycles. The summed E-state index contributed by atoms with van der Waals surface area (Å²) in [7, 11) is 0. The van der Waals surface area contributed by atoms with Gasteiger partial charge in [-0.1, -0.05) is 42.0 Å². The second-order valence-electron chi connectivity index (χ2n) is 3.88. The van der Waals surface area contributed by atoms with E-state index in [2.05, 4.69) is 4.98 Å². The predicted octanol–water partition coefficient (Wildman–Crippen LogP) is 4.05. The van der Waals surface area contributed by atoms with E-state index in [9.17, 15) is 0 Å². The van der Waals surface area contributed by atoms with Crippen molar-refractivity contribution in [3.8, 4) is 11.6 Å². The first-order valence-electron chi connectivity index (χ1n) is 5.90. The van der Waals surface area contributed by atoms with Gasteiger partial charge < -0.3 is 9.84 Å². The zero-order valence-corrected chi connectivity index (χ0v) is 11.3. The van der Waals surface area contributed by atoms with Gasteiger partial charge in [-0.15, -0.1) is 0 Å². The lowest BCUT2D eigenvalue weighted by atomic mass is 10.2. The normalized spacial score (nSPS) is 10.9. The fourth-order valence-electron chi connectivity index (χ4n) is 1.64. The molecule has 0 saturated heterocycles. The molecule has 0 fully saturated rings. The third-order valence-electron chi connectivity index (χ3n) is 2.52. The van der Waals surface area contributed by atoms with Gasteiger partial charge in [0.1, 0.15) is 5.75 Å². The Morgan fingerprint density at radius 1 is 1.26 bits per heavy atom. The van der Waals surface area contributed by atoms with Gasteiger partial charge in [0.15, 0.2) is 0 Å². The number of aliphatic hydroxyl groups is 1. The van der Waals surface area contributed by atoms with Crippen LogP contribution in [0.2, 0.25) is 5.02 Å². The zero-order valence-electron chi connectivity index (χ0n) is 10.5. The maximum atomic E-state index is 9.13. The number of nitrogens with zero attached hydrogens (tertiary/aromatic N) is 1. The SMILES string of the molecule is CC=Cc1ccccc1Oc1ccc(Cl)c(CO)n1. The van der Waals surface area contributed by atoms with Gasteiger partial charge in [-0.05, 0) is 19.1 Å². The van der Waals surface area contributed by atoms with Crippen LogP contribution in [0.3, 0.4) is 0 Å². The molecule has 1 N–H and O–H groups in total. The number of hydrogen-bond donors (Lipinski definition) is 1. The lowest BCUT2D eigenvalue weighted by Gasteiger charge is -2.09. The first kappa shape index (κ1) is 13.6. The summed E-state index contributed by atoms with van der Waals surface area (Å²) >= 11 is 5.89. The molecule has 1 heterocycles. The molecule has 0 amide bonds. The standard InChI is InChI=1S/C15H14ClNO2/c1-2-5-11-6-3-4-7-14(11)19-15-9-8-12(16)13(10-18)17-15/h2-9,18H,10H2,1H3. The Kier molecular flexibility index (Phi) is 4.55. The summed E-state index contributed by atoms with van der Waals surface area (Å²) in [4.78, 5) is 4.16. The Morgan fingerprint density at radius 3 is 2.79 bits per heavy atom. The molecular formula is C15H14ClNO2. The molecule has 0 saturated carbocycles. The smallest absolute Gasteiger partial charge is 0.219 e. The van der Waals surface area contributed by atoms with Crippen LogP contribution in [0.25, 0.3) is 6.08 Å². The van der Waals surface area contributed by atoms with Crippen molar-refractivity contribution in [2.24, 2.45) is 0 Å². The minimum absolute atomic E-state index is 0.216. The Bertz CT molecular complexity index is 596. The van der Waals surface area contributed by atoms with E-state index in [-0.39, 0.29) is 6.61 Å². The summed E-state index contributed by atoms with van der Waals surface area (Å²) in [5, 5.41) is 9.56. The number of halogens is 1. The van der Waals surface area contributed by atoms with Crippen molar-refractivity contribution in [3.05, 3.63) is 58.8 Å². The van der Waals surface area contributed by atoms with Crippen molar-refractivity contribution in [2.75, 3.05) is 0 Å². The van der Waals surface area contributed by atoms with Gasteiger partial charge in [0.2, 0.25) is 5.88 Å². The van der Waals surface area contributed by atoms with Crippen LogP contribution in [-0.4, -0.2) is 10.1 Å². The molecule has 19 heavy (non-hydrogen) atoms. The summed E-state index contributed by atoms with van der Waals surface area (Å²) in [5.41, 5.74) is 1.37. The van der Waals surface area contributed by atoms with Crippen LogP contribution >= 0.6 is 11.6 Å². The highest BCUT2D eigenvalue weighted by atomic mass is 35.5. The van der Waals surface area contributed by atoms with Crippen molar-refractivity contribution in [1.82, 2.24) is 4.98 Å². The Labute approximate surface area is 117 Å². The number of para-hydroxylation sites is 1. The summed E-state index contributed by atoms with van der Waals surface area (Å²) < 4.78 is 5.73. The molecule has 0 aliphatic carbocycles. The number of aromatic nitrogens is 1. The van der Waals surface area contributed by atoms with E-state index in [0.29, 0.717) is 22.3 Å². The maximum Gasteiger partial charge on any atom is 0.219 e. The van der Waals surface area contributed by atoms with Crippen LogP contribution in [0.4, 0.5) is 0 Å². The number of rotatable bonds is 4. The predicted molar refractivity (Wildman–Crippen MR) is 76.4 cm³/mol. The second kappa shape index (κ2) is 6.36. The highest BCUT2D eigenvalue weighted by Crippen LogP contribution is 2.26. The minimum atomic E-state index is -0.216. The molecule has 0 aliphatic rings. The van der Waals surface area contributed by atoms with Crippen LogP contribution in [0.1, 0.15) is 18.2 Å². The van der Waals surface area contributed by atoms with Gasteiger partial charge in [0.25, 0.3) is 0 Å². The number of benzene rings is 1. The molecule has 0 bridgehead atoms. The molecular weight excluding hydrogens is 262 g/mol. The van der Waals surface area contributed by atoms with E-state index in [4.69, 9.17) is 21.4 Å². The fraction of sp³-hybridized carbons (Fsp3) is 0.133. The first-order valence-corrected chi connectivity index (χ1v) is 6.28. The molecule has 4 heteroatoms. The highest BCUT2D eigenvalue weighted by molar-refractivity contribution is 6.31. The third-order valence-corrected chi connectivity index (χ3v) is 2.87. The Balaban J connectivity index is 2.31. The van der Waals surface area contributed by atoms with E-state index in [1.54, 1.807) is 12.1 Å². The first-order chi connectivity index (χ1) is 9.24. The van der Waals surface area contributed by atoms with Gasteiger partial charge >= 0.3 is 0 Å². The van der Waals surface area contributed by atoms with Gasteiger partial charge in [0.05, 0.1) is 17.3 Å². The number of pyridine rings is 1. The molecule has 0 unspecified atom stereocenters. The number of aliphatic hydroxyl groups excluding tert-OH is 1. The number of ether oxygens (including phenoxy) is 1. The minimum Gasteiger partial charge on any atom is -0.438 e. The fourth-order valence-corrected chi connectivity index (χ4v) is 1.80. The van der Waals surface area contributed by atoms with Gasteiger partial charge in [-0.2, -0.15) is 0 Å². The van der Waals surface area contributed by atoms with Gasteiger partial charge in [-0.25, -0.2) is 4.98 Å². The van der Waals surface area contributed by atoms with Gasteiger partial charge in [0, 0.05) is 11.6 Å². The molecule has 1 aromatic carbocycles. The summed E-state index contributed by atoms with van der Waals surface area (Å²) in [5.74, 6) is 1.12. The van der Waals surface area contributed by atoms with Crippen LogP contribution in [0, 0.1) is 0 Å². The van der Waals surface area contributed by atoms with Crippen LogP contribution in [0.15, 0.2) is 42.5 Å². The monoisotopic (exact) mass is 275 g/mol. The molecule has 2 aromatic rings. The maximum absolute atomic E-state index is 9.13. The van der Waals surface area contributed by atoms with Crippen molar-refractivity contribution < 1.29 is 9.84 Å². The van der Waals surface area contributed by atoms with Crippen molar-refractivity contribution in [3.63, 3.8) is 0 Å². The Morgan fingerprint density at radius 2 is 2.05 bits per heavy atom. The summed E-state index contributed by atoms with van der Waals surface area (Å²) in [6.45, 7) is 1.73. The van der Waals surface area contributed by atoms with E-state index in [1.165, 1.54) is 0 Å². The molecule has 0 radical (unpaired) electrons. The average molecular weight is 276 g/mol. The summed E-state index contributed by atoms with van der Waals surface area (Å²) in [6.07, 6.45) is 3.90. The van der Waals surface area contributed by atoms with E-state index >= 15 is 0 Å². The van der Waals surface area contributed by atoms with Crippen LogP contribution in [-0.2, 0) is 6.61 Å². The summed E-state index contributed by atoms with van der Waals surface area (Å²) in [6, 6.07) is 11.0. The van der Waals surface area contributed by atoms with Crippen molar-refractivity contribution in [1.29, 1.82) is 0 Å².